The quantitative estimate of drug-likeness (QED) is 0.560. The van der Waals surface area contributed by atoms with Crippen molar-refractivity contribution in [3.8, 4) is 5.75 Å². The largest absolute Gasteiger partial charge is 0.488 e. The minimum atomic E-state index is -0.212. The van der Waals surface area contributed by atoms with Crippen LogP contribution in [0.25, 0.3) is 6.08 Å². The van der Waals surface area contributed by atoms with Crippen molar-refractivity contribution >= 4 is 11.9 Å². The van der Waals surface area contributed by atoms with E-state index in [1.165, 1.54) is 0 Å². The first kappa shape index (κ1) is 17.0. The van der Waals surface area contributed by atoms with Crippen LogP contribution in [0.2, 0.25) is 0 Å². The van der Waals surface area contributed by atoms with E-state index in [0.717, 1.165) is 28.0 Å². The van der Waals surface area contributed by atoms with Gasteiger partial charge in [0.2, 0.25) is 0 Å². The van der Waals surface area contributed by atoms with Crippen molar-refractivity contribution in [2.45, 2.75) is 40.2 Å². The molecule has 0 fully saturated rings. The molecular weight excluding hydrogens is 284 g/mol. The second-order valence-corrected chi connectivity index (χ2v) is 6.86. The van der Waals surface area contributed by atoms with E-state index >= 15 is 0 Å². The second-order valence-electron chi connectivity index (χ2n) is 6.86. The van der Waals surface area contributed by atoms with Gasteiger partial charge >= 0.3 is 0 Å². The molecule has 0 unspecified atom stereocenters. The summed E-state index contributed by atoms with van der Waals surface area (Å²) in [6.45, 7) is 10.1. The lowest BCUT2D eigenvalue weighted by atomic mass is 10.0. The minimum Gasteiger partial charge on any atom is -0.488 e. The number of hydrogen-bond acceptors (Lipinski definition) is 2. The average Bonchev–Trinajstić information content (AvgIpc) is 2.43. The highest BCUT2D eigenvalue weighted by Crippen LogP contribution is 2.19. The summed E-state index contributed by atoms with van der Waals surface area (Å²) in [5.74, 6) is 0.849. The fourth-order valence-electron chi connectivity index (χ4n) is 2.39. The standard InChI is InChI=1S/C21H24O2/c1-15-12-16(2)14-18(13-15)20(22)11-8-17-6-9-19(10-7-17)23-21(3,4)5/h6-14H,1-5H3/b11-8+. The second kappa shape index (κ2) is 6.82. The number of aryl methyl sites for hydroxylation is 2. The zero-order valence-corrected chi connectivity index (χ0v) is 14.5. The van der Waals surface area contributed by atoms with E-state index in [0.29, 0.717) is 0 Å². The third-order valence-corrected chi connectivity index (χ3v) is 3.24. The molecule has 2 aromatic rings. The highest BCUT2D eigenvalue weighted by Gasteiger charge is 2.11. The molecule has 0 saturated carbocycles. The van der Waals surface area contributed by atoms with Crippen LogP contribution in [0.15, 0.2) is 48.5 Å². The monoisotopic (exact) mass is 308 g/mol. The van der Waals surface area contributed by atoms with Gasteiger partial charge in [0.05, 0.1) is 0 Å². The highest BCUT2D eigenvalue weighted by atomic mass is 16.5. The van der Waals surface area contributed by atoms with Crippen molar-refractivity contribution in [3.63, 3.8) is 0 Å². The van der Waals surface area contributed by atoms with Gasteiger partial charge in [-0.3, -0.25) is 4.79 Å². The van der Waals surface area contributed by atoms with E-state index in [-0.39, 0.29) is 11.4 Å². The molecule has 0 spiro atoms. The minimum absolute atomic E-state index is 0.0202. The summed E-state index contributed by atoms with van der Waals surface area (Å²) in [4.78, 5) is 12.3. The third kappa shape index (κ3) is 5.41. The molecule has 0 aliphatic rings. The first-order valence-electron chi connectivity index (χ1n) is 7.83. The number of benzene rings is 2. The van der Waals surface area contributed by atoms with Crippen LogP contribution >= 0.6 is 0 Å². The SMILES string of the molecule is Cc1cc(C)cc(C(=O)/C=C/c2ccc(OC(C)(C)C)cc2)c1. The first-order chi connectivity index (χ1) is 10.7. The zero-order valence-electron chi connectivity index (χ0n) is 14.5. The summed E-state index contributed by atoms with van der Waals surface area (Å²) < 4.78 is 5.79. The van der Waals surface area contributed by atoms with Crippen LogP contribution in [0.1, 0.15) is 47.8 Å². The van der Waals surface area contributed by atoms with E-state index in [4.69, 9.17) is 4.74 Å². The predicted molar refractivity (Wildman–Crippen MR) is 96.1 cm³/mol. The number of carbonyl (C=O) groups excluding carboxylic acids is 1. The topological polar surface area (TPSA) is 26.3 Å². The molecule has 120 valence electrons. The molecule has 2 rings (SSSR count). The maximum Gasteiger partial charge on any atom is 0.185 e. The Labute approximate surface area is 138 Å². The molecule has 0 aliphatic carbocycles. The van der Waals surface area contributed by atoms with Gasteiger partial charge in [-0.15, -0.1) is 0 Å². The van der Waals surface area contributed by atoms with Gasteiger partial charge in [0.1, 0.15) is 11.4 Å². The summed E-state index contributed by atoms with van der Waals surface area (Å²) in [5, 5.41) is 0. The van der Waals surface area contributed by atoms with Crippen LogP contribution in [0.4, 0.5) is 0 Å². The molecular formula is C21H24O2. The van der Waals surface area contributed by atoms with Crippen molar-refractivity contribution in [3.05, 3.63) is 70.8 Å². The molecule has 0 N–H and O–H groups in total. The van der Waals surface area contributed by atoms with Crippen molar-refractivity contribution in [2.24, 2.45) is 0 Å². The third-order valence-electron chi connectivity index (χ3n) is 3.24. The van der Waals surface area contributed by atoms with Gasteiger partial charge in [0.15, 0.2) is 5.78 Å². The Balaban J connectivity index is 2.09. The number of allylic oxidation sites excluding steroid dienone is 1. The molecule has 0 atom stereocenters. The molecule has 0 radical (unpaired) electrons. The maximum absolute atomic E-state index is 12.3. The van der Waals surface area contributed by atoms with E-state index in [9.17, 15) is 4.79 Å². The number of ether oxygens (including phenoxy) is 1. The molecule has 0 amide bonds. The van der Waals surface area contributed by atoms with Crippen molar-refractivity contribution < 1.29 is 9.53 Å². The molecule has 2 heteroatoms. The normalized spacial score (nSPS) is 11.7. The van der Waals surface area contributed by atoms with Crippen LogP contribution in [0, 0.1) is 13.8 Å². The fourth-order valence-corrected chi connectivity index (χ4v) is 2.39. The lowest BCUT2D eigenvalue weighted by Crippen LogP contribution is -2.22. The molecule has 2 aromatic carbocycles. The van der Waals surface area contributed by atoms with Crippen LogP contribution in [-0.2, 0) is 0 Å². The zero-order chi connectivity index (χ0) is 17.0. The van der Waals surface area contributed by atoms with Gasteiger partial charge in [0, 0.05) is 5.56 Å². The molecule has 0 saturated heterocycles. The number of ketones is 1. The molecule has 0 bridgehead atoms. The summed E-state index contributed by atoms with van der Waals surface area (Å²) >= 11 is 0. The van der Waals surface area contributed by atoms with Gasteiger partial charge in [-0.05, 0) is 70.5 Å². The van der Waals surface area contributed by atoms with Crippen LogP contribution in [0.3, 0.4) is 0 Å². The van der Waals surface area contributed by atoms with Crippen LogP contribution < -0.4 is 4.74 Å². The van der Waals surface area contributed by atoms with E-state index < -0.39 is 0 Å². The Bertz CT molecular complexity index is 696. The Kier molecular flexibility index (Phi) is 5.05. The highest BCUT2D eigenvalue weighted by molar-refractivity contribution is 6.07. The maximum atomic E-state index is 12.3. The molecule has 0 aliphatic heterocycles. The van der Waals surface area contributed by atoms with E-state index in [1.807, 2.05) is 77.1 Å². The Morgan fingerprint density at radius 1 is 0.957 bits per heavy atom. The Morgan fingerprint density at radius 3 is 2.04 bits per heavy atom. The van der Waals surface area contributed by atoms with Gasteiger partial charge in [-0.1, -0.05) is 35.4 Å². The predicted octanol–water partition coefficient (Wildman–Crippen LogP) is 5.38. The summed E-state index contributed by atoms with van der Waals surface area (Å²) in [5.41, 5.74) is 3.70. The van der Waals surface area contributed by atoms with Crippen molar-refractivity contribution in [1.82, 2.24) is 0 Å². The van der Waals surface area contributed by atoms with Crippen LogP contribution in [-0.4, -0.2) is 11.4 Å². The van der Waals surface area contributed by atoms with Gasteiger partial charge in [-0.2, -0.15) is 0 Å². The van der Waals surface area contributed by atoms with E-state index in [1.54, 1.807) is 6.08 Å². The molecule has 23 heavy (non-hydrogen) atoms. The molecule has 2 nitrogen and oxygen atoms in total. The molecule has 0 aromatic heterocycles. The van der Waals surface area contributed by atoms with Gasteiger partial charge < -0.3 is 4.74 Å². The lowest BCUT2D eigenvalue weighted by molar-refractivity contribution is 0.104. The smallest absolute Gasteiger partial charge is 0.185 e. The fraction of sp³-hybridized carbons (Fsp3) is 0.286. The Hall–Kier alpha value is -2.35. The number of hydrogen-bond donors (Lipinski definition) is 0. The van der Waals surface area contributed by atoms with Crippen molar-refractivity contribution in [2.75, 3.05) is 0 Å². The average molecular weight is 308 g/mol. The van der Waals surface area contributed by atoms with Crippen molar-refractivity contribution in [1.29, 1.82) is 0 Å². The van der Waals surface area contributed by atoms with Gasteiger partial charge in [0.25, 0.3) is 0 Å². The lowest BCUT2D eigenvalue weighted by Gasteiger charge is -2.21. The van der Waals surface area contributed by atoms with E-state index in [2.05, 4.69) is 6.07 Å². The molecule has 0 heterocycles. The summed E-state index contributed by atoms with van der Waals surface area (Å²) in [6.07, 6.45) is 3.45. The summed E-state index contributed by atoms with van der Waals surface area (Å²) in [6, 6.07) is 13.6. The first-order valence-corrected chi connectivity index (χ1v) is 7.83. The van der Waals surface area contributed by atoms with Crippen LogP contribution in [0.5, 0.6) is 5.75 Å². The summed E-state index contributed by atoms with van der Waals surface area (Å²) in [7, 11) is 0. The number of carbonyl (C=O) groups is 1. The van der Waals surface area contributed by atoms with Gasteiger partial charge in [-0.25, -0.2) is 0 Å². The number of rotatable bonds is 4. The Morgan fingerprint density at radius 2 is 1.52 bits per heavy atom.